The molecule has 1 rings (SSSR count). The number of carbonyl (C=O) groups is 1. The van der Waals surface area contributed by atoms with Crippen molar-refractivity contribution in [1.82, 2.24) is 0 Å². The number of methoxy groups -OCH3 is 1. The molecule has 0 saturated heterocycles. The Kier molecular flexibility index (Phi) is 5.55. The summed E-state index contributed by atoms with van der Waals surface area (Å²) >= 11 is 4.65. The van der Waals surface area contributed by atoms with Gasteiger partial charge in [0.2, 0.25) is 0 Å². The second kappa shape index (κ2) is 6.70. The molecule has 0 aliphatic carbocycles. The van der Waals surface area contributed by atoms with E-state index >= 15 is 0 Å². The Balaban J connectivity index is 2.66. The minimum Gasteiger partial charge on any atom is -0.491 e. The van der Waals surface area contributed by atoms with Gasteiger partial charge < -0.3 is 9.47 Å². The van der Waals surface area contributed by atoms with Crippen LogP contribution in [0.15, 0.2) is 22.5 Å². The highest BCUT2D eigenvalue weighted by Gasteiger charge is 2.18. The molecule has 16 heavy (non-hydrogen) atoms. The third-order valence-electron chi connectivity index (χ3n) is 1.87. The van der Waals surface area contributed by atoms with Crippen LogP contribution >= 0.6 is 27.3 Å². The number of carbonyl (C=O) groups excluding carboxylic acids is 1. The quantitative estimate of drug-likeness (QED) is 0.457. The van der Waals surface area contributed by atoms with Gasteiger partial charge in [0.05, 0.1) is 18.2 Å². The summed E-state index contributed by atoms with van der Waals surface area (Å²) in [5.41, 5.74) is 0. The number of esters is 1. The van der Waals surface area contributed by atoms with E-state index in [1.54, 1.807) is 0 Å². The second-order valence-corrected chi connectivity index (χ2v) is 4.75. The Morgan fingerprint density at radius 1 is 1.69 bits per heavy atom. The van der Waals surface area contributed by atoms with E-state index in [4.69, 9.17) is 4.74 Å². The summed E-state index contributed by atoms with van der Waals surface area (Å²) in [6.07, 6.45) is 3.62. The Hall–Kier alpha value is -0.810. The highest BCUT2D eigenvalue weighted by Crippen LogP contribution is 2.35. The van der Waals surface area contributed by atoms with Crippen LogP contribution in [0.4, 0.5) is 0 Å². The third-order valence-corrected chi connectivity index (χ3v) is 3.71. The van der Waals surface area contributed by atoms with Crippen LogP contribution in [-0.2, 0) is 4.74 Å². The van der Waals surface area contributed by atoms with E-state index in [0.717, 1.165) is 17.3 Å². The van der Waals surface area contributed by atoms with Crippen molar-refractivity contribution in [3.8, 4) is 5.75 Å². The highest BCUT2D eigenvalue weighted by atomic mass is 79.9. The first-order valence-electron chi connectivity index (χ1n) is 4.79. The molecular formula is C11H13BrO3S. The fraction of sp³-hybridized carbons (Fsp3) is 0.364. The van der Waals surface area contributed by atoms with Gasteiger partial charge in [0, 0.05) is 5.38 Å². The maximum absolute atomic E-state index is 11.4. The van der Waals surface area contributed by atoms with Crippen molar-refractivity contribution in [3.05, 3.63) is 27.4 Å². The molecule has 0 aliphatic rings. The smallest absolute Gasteiger partial charge is 0.351 e. The molecule has 1 aromatic heterocycles. The fourth-order valence-electron chi connectivity index (χ4n) is 1.10. The lowest BCUT2D eigenvalue weighted by Gasteiger charge is -2.06. The first kappa shape index (κ1) is 13.3. The lowest BCUT2D eigenvalue weighted by Crippen LogP contribution is -2.03. The van der Waals surface area contributed by atoms with Crippen LogP contribution < -0.4 is 4.74 Å². The van der Waals surface area contributed by atoms with Crippen LogP contribution in [0, 0.1) is 0 Å². The molecule has 0 saturated carbocycles. The molecule has 0 aromatic carbocycles. The van der Waals surface area contributed by atoms with Crippen molar-refractivity contribution < 1.29 is 14.3 Å². The molecule has 1 aromatic rings. The van der Waals surface area contributed by atoms with E-state index in [1.807, 2.05) is 11.5 Å². The molecule has 3 nitrogen and oxygen atoms in total. The molecule has 0 N–H and O–H groups in total. The number of thiophene rings is 1. The van der Waals surface area contributed by atoms with Gasteiger partial charge in [-0.25, -0.2) is 4.79 Å². The molecule has 5 heteroatoms. The second-order valence-electron chi connectivity index (χ2n) is 3.01. The van der Waals surface area contributed by atoms with E-state index in [-0.39, 0.29) is 5.97 Å². The topological polar surface area (TPSA) is 35.5 Å². The Labute approximate surface area is 107 Å². The van der Waals surface area contributed by atoms with Crippen LogP contribution in [0.5, 0.6) is 5.75 Å². The van der Waals surface area contributed by atoms with Crippen LogP contribution in [0.1, 0.15) is 22.5 Å². The zero-order chi connectivity index (χ0) is 12.0. The van der Waals surface area contributed by atoms with Gasteiger partial charge in [-0.15, -0.1) is 17.9 Å². The normalized spacial score (nSPS) is 9.88. The molecule has 0 bridgehead atoms. The molecule has 0 atom stereocenters. The summed E-state index contributed by atoms with van der Waals surface area (Å²) in [6.45, 7) is 4.20. The maximum Gasteiger partial charge on any atom is 0.351 e. The van der Waals surface area contributed by atoms with Gasteiger partial charge in [-0.2, -0.15) is 0 Å². The predicted molar refractivity (Wildman–Crippen MR) is 68.3 cm³/mol. The summed E-state index contributed by atoms with van der Waals surface area (Å²) < 4.78 is 11.0. The van der Waals surface area contributed by atoms with Gasteiger partial charge in [-0.3, -0.25) is 0 Å². The lowest BCUT2D eigenvalue weighted by molar-refractivity contribution is 0.0602. The summed E-state index contributed by atoms with van der Waals surface area (Å²) in [7, 11) is 1.36. The molecule has 0 unspecified atom stereocenters. The number of allylic oxidation sites excluding steroid dienone is 1. The molecule has 0 amide bonds. The molecular weight excluding hydrogens is 292 g/mol. The van der Waals surface area contributed by atoms with E-state index < -0.39 is 0 Å². The van der Waals surface area contributed by atoms with Gasteiger partial charge >= 0.3 is 5.97 Å². The highest BCUT2D eigenvalue weighted by molar-refractivity contribution is 9.10. The molecule has 1 heterocycles. The first-order valence-corrected chi connectivity index (χ1v) is 6.47. The standard InChI is InChI=1S/C11H13BrO3S/c1-3-4-5-6-15-9-8(12)7-16-10(9)11(13)14-2/h3,7H,1,4-6H2,2H3. The number of ether oxygens (including phenoxy) is 2. The molecule has 88 valence electrons. The number of rotatable bonds is 6. The van der Waals surface area contributed by atoms with Crippen molar-refractivity contribution in [3.63, 3.8) is 0 Å². The van der Waals surface area contributed by atoms with Crippen molar-refractivity contribution in [2.45, 2.75) is 12.8 Å². The number of halogens is 1. The lowest BCUT2D eigenvalue weighted by atomic mass is 10.3. The average molecular weight is 305 g/mol. The summed E-state index contributed by atoms with van der Waals surface area (Å²) in [6, 6.07) is 0. The largest absolute Gasteiger partial charge is 0.491 e. The van der Waals surface area contributed by atoms with Crippen LogP contribution in [0.2, 0.25) is 0 Å². The van der Waals surface area contributed by atoms with Gasteiger partial charge in [-0.05, 0) is 28.8 Å². The summed E-state index contributed by atoms with van der Waals surface area (Å²) in [4.78, 5) is 11.9. The van der Waals surface area contributed by atoms with E-state index in [1.165, 1.54) is 18.4 Å². The Morgan fingerprint density at radius 3 is 3.06 bits per heavy atom. The maximum atomic E-state index is 11.4. The number of hydrogen-bond donors (Lipinski definition) is 0. The van der Waals surface area contributed by atoms with Crippen molar-refractivity contribution in [2.75, 3.05) is 13.7 Å². The SMILES string of the molecule is C=CCCCOc1c(Br)csc1C(=O)OC. The van der Waals surface area contributed by atoms with Crippen molar-refractivity contribution in [1.29, 1.82) is 0 Å². The van der Waals surface area contributed by atoms with E-state index in [2.05, 4.69) is 27.2 Å². The van der Waals surface area contributed by atoms with Gasteiger partial charge in [0.15, 0.2) is 10.6 Å². The Morgan fingerprint density at radius 2 is 2.44 bits per heavy atom. The molecule has 0 aliphatic heterocycles. The minimum atomic E-state index is -0.366. The monoisotopic (exact) mass is 304 g/mol. The van der Waals surface area contributed by atoms with E-state index in [0.29, 0.717) is 17.2 Å². The number of hydrogen-bond acceptors (Lipinski definition) is 4. The zero-order valence-corrected chi connectivity index (χ0v) is 11.4. The van der Waals surface area contributed by atoms with Gasteiger partial charge in [0.25, 0.3) is 0 Å². The zero-order valence-electron chi connectivity index (χ0n) is 8.99. The molecule has 0 fully saturated rings. The van der Waals surface area contributed by atoms with Crippen LogP contribution in [-0.4, -0.2) is 19.7 Å². The van der Waals surface area contributed by atoms with Crippen LogP contribution in [0.25, 0.3) is 0 Å². The van der Waals surface area contributed by atoms with Crippen molar-refractivity contribution in [2.24, 2.45) is 0 Å². The average Bonchev–Trinajstić information content (AvgIpc) is 2.65. The number of unbranched alkanes of at least 4 members (excludes halogenated alkanes) is 1. The first-order chi connectivity index (χ1) is 7.70. The van der Waals surface area contributed by atoms with Crippen LogP contribution in [0.3, 0.4) is 0 Å². The van der Waals surface area contributed by atoms with Gasteiger partial charge in [0.1, 0.15) is 0 Å². The Bertz CT molecular complexity index is 373. The fourth-order valence-corrected chi connectivity index (χ4v) is 2.60. The van der Waals surface area contributed by atoms with E-state index in [9.17, 15) is 4.79 Å². The van der Waals surface area contributed by atoms with Gasteiger partial charge in [-0.1, -0.05) is 6.08 Å². The minimum absolute atomic E-state index is 0.366. The van der Waals surface area contributed by atoms with Crippen molar-refractivity contribution >= 4 is 33.2 Å². The summed E-state index contributed by atoms with van der Waals surface area (Å²) in [5.74, 6) is 0.204. The summed E-state index contributed by atoms with van der Waals surface area (Å²) in [5, 5.41) is 1.81. The predicted octanol–water partition coefficient (Wildman–Crippen LogP) is 3.64. The molecule has 0 spiro atoms. The molecule has 0 radical (unpaired) electrons. The third kappa shape index (κ3) is 3.35.